The number of hydrogen-bond donors (Lipinski definition) is 2. The molecule has 4 heteroatoms. The minimum absolute atomic E-state index is 0.370. The van der Waals surface area contributed by atoms with Crippen LogP contribution >= 0.6 is 11.3 Å². The Morgan fingerprint density at radius 3 is 2.67 bits per heavy atom. The molecule has 0 saturated heterocycles. The summed E-state index contributed by atoms with van der Waals surface area (Å²) in [5.74, 6) is 5.53. The van der Waals surface area contributed by atoms with Crippen LogP contribution < -0.4 is 11.3 Å². The number of aryl methyl sites for hydroxylation is 2. The molecule has 0 fully saturated rings. The number of nitrogens with two attached hydrogens (primary N) is 1. The maximum absolute atomic E-state index is 5.53. The van der Waals surface area contributed by atoms with E-state index in [9.17, 15) is 0 Å². The molecule has 0 bridgehead atoms. The molecule has 15 heavy (non-hydrogen) atoms. The fourth-order valence-corrected chi connectivity index (χ4v) is 2.55. The molecule has 0 aliphatic carbocycles. The van der Waals surface area contributed by atoms with Crippen LogP contribution in [0.3, 0.4) is 0 Å². The maximum Gasteiger partial charge on any atom is 0.0946 e. The first-order valence-corrected chi connectivity index (χ1v) is 6.38. The van der Waals surface area contributed by atoms with Crippen LogP contribution in [0, 0.1) is 13.8 Å². The van der Waals surface area contributed by atoms with Crippen molar-refractivity contribution >= 4 is 11.3 Å². The number of unbranched alkanes of at least 4 members (excludes halogenated alkanes) is 1. The number of nitrogens with one attached hydrogen (secondary N) is 1. The molecule has 86 valence electrons. The van der Waals surface area contributed by atoms with Crippen molar-refractivity contribution in [1.29, 1.82) is 0 Å². The first kappa shape index (κ1) is 12.6. The van der Waals surface area contributed by atoms with Gasteiger partial charge in [-0.1, -0.05) is 19.8 Å². The number of thiazole rings is 1. The second-order valence-corrected chi connectivity index (χ2v) is 5.25. The summed E-state index contributed by atoms with van der Waals surface area (Å²) in [4.78, 5) is 5.84. The van der Waals surface area contributed by atoms with Crippen molar-refractivity contribution in [2.24, 2.45) is 5.84 Å². The number of hydrazine groups is 1. The molecule has 0 aliphatic heterocycles. The summed E-state index contributed by atoms with van der Waals surface area (Å²) in [5.41, 5.74) is 4.03. The Morgan fingerprint density at radius 1 is 1.47 bits per heavy atom. The third kappa shape index (κ3) is 3.89. The number of nitrogens with zero attached hydrogens (tertiary/aromatic N) is 1. The summed E-state index contributed by atoms with van der Waals surface area (Å²) in [6.45, 7) is 6.38. The summed E-state index contributed by atoms with van der Waals surface area (Å²) in [7, 11) is 0. The van der Waals surface area contributed by atoms with Crippen LogP contribution in [-0.2, 0) is 6.42 Å². The molecule has 3 nitrogen and oxygen atoms in total. The SMILES string of the molecule is CCCCC(Cc1nc(C)c(C)s1)NN. The van der Waals surface area contributed by atoms with Crippen molar-refractivity contribution in [3.05, 3.63) is 15.6 Å². The van der Waals surface area contributed by atoms with E-state index in [0.717, 1.165) is 18.5 Å². The minimum Gasteiger partial charge on any atom is -0.271 e. The molecule has 1 aromatic rings. The van der Waals surface area contributed by atoms with Crippen LogP contribution in [0.2, 0.25) is 0 Å². The van der Waals surface area contributed by atoms with Crippen molar-refractivity contribution in [3.8, 4) is 0 Å². The van der Waals surface area contributed by atoms with Gasteiger partial charge in [0.2, 0.25) is 0 Å². The van der Waals surface area contributed by atoms with Gasteiger partial charge < -0.3 is 0 Å². The summed E-state index contributed by atoms with van der Waals surface area (Å²) in [6.07, 6.45) is 4.52. The smallest absolute Gasteiger partial charge is 0.0946 e. The lowest BCUT2D eigenvalue weighted by Crippen LogP contribution is -2.36. The highest BCUT2D eigenvalue weighted by Gasteiger charge is 2.11. The fourth-order valence-electron chi connectivity index (χ4n) is 1.53. The van der Waals surface area contributed by atoms with Gasteiger partial charge in [0.1, 0.15) is 0 Å². The zero-order chi connectivity index (χ0) is 11.3. The van der Waals surface area contributed by atoms with Gasteiger partial charge in [-0.25, -0.2) is 4.98 Å². The van der Waals surface area contributed by atoms with E-state index in [0.29, 0.717) is 6.04 Å². The van der Waals surface area contributed by atoms with Crippen LogP contribution in [0.15, 0.2) is 0 Å². The standard InChI is InChI=1S/C11H21N3S/c1-4-5-6-10(14-12)7-11-13-8(2)9(3)15-11/h10,14H,4-7,12H2,1-3H3. The Bertz CT molecular complexity index is 277. The zero-order valence-electron chi connectivity index (χ0n) is 9.84. The number of aromatic nitrogens is 1. The van der Waals surface area contributed by atoms with E-state index in [1.165, 1.54) is 22.7 Å². The first-order chi connectivity index (χ1) is 7.17. The van der Waals surface area contributed by atoms with Crippen molar-refractivity contribution in [2.45, 2.75) is 52.5 Å². The van der Waals surface area contributed by atoms with Gasteiger partial charge in [0.05, 0.1) is 10.7 Å². The molecule has 0 aromatic carbocycles. The molecule has 1 atom stereocenters. The van der Waals surface area contributed by atoms with Gasteiger partial charge >= 0.3 is 0 Å². The molecule has 0 saturated carbocycles. The average molecular weight is 227 g/mol. The number of rotatable bonds is 6. The van der Waals surface area contributed by atoms with E-state index in [4.69, 9.17) is 5.84 Å². The lowest BCUT2D eigenvalue weighted by molar-refractivity contribution is 0.473. The van der Waals surface area contributed by atoms with E-state index in [1.807, 2.05) is 0 Å². The summed E-state index contributed by atoms with van der Waals surface area (Å²) >= 11 is 1.78. The molecule has 1 unspecified atom stereocenters. The second kappa shape index (κ2) is 6.20. The third-order valence-corrected chi connectivity index (χ3v) is 3.73. The second-order valence-electron chi connectivity index (χ2n) is 3.96. The van der Waals surface area contributed by atoms with Gasteiger partial charge in [0, 0.05) is 17.3 Å². The normalized spacial score (nSPS) is 13.1. The molecule has 0 radical (unpaired) electrons. The fraction of sp³-hybridized carbons (Fsp3) is 0.727. The summed E-state index contributed by atoms with van der Waals surface area (Å²) < 4.78 is 0. The lowest BCUT2D eigenvalue weighted by Gasteiger charge is -2.13. The highest BCUT2D eigenvalue weighted by molar-refractivity contribution is 7.11. The Hall–Kier alpha value is -0.450. The average Bonchev–Trinajstić information content (AvgIpc) is 2.53. The van der Waals surface area contributed by atoms with Crippen LogP contribution in [0.4, 0.5) is 0 Å². The van der Waals surface area contributed by atoms with Gasteiger partial charge in [-0.05, 0) is 20.3 Å². The lowest BCUT2D eigenvalue weighted by atomic mass is 10.1. The Kier molecular flexibility index (Phi) is 5.22. The Morgan fingerprint density at radius 2 is 2.20 bits per heavy atom. The van der Waals surface area contributed by atoms with E-state index in [-0.39, 0.29) is 0 Å². The van der Waals surface area contributed by atoms with E-state index < -0.39 is 0 Å². The Labute approximate surface area is 96.1 Å². The van der Waals surface area contributed by atoms with Crippen LogP contribution in [-0.4, -0.2) is 11.0 Å². The minimum atomic E-state index is 0.370. The van der Waals surface area contributed by atoms with Crippen LogP contribution in [0.5, 0.6) is 0 Å². The molecule has 0 aliphatic rings. The van der Waals surface area contributed by atoms with Gasteiger partial charge in [-0.3, -0.25) is 11.3 Å². The van der Waals surface area contributed by atoms with Crippen molar-refractivity contribution in [2.75, 3.05) is 0 Å². The molecule has 1 aromatic heterocycles. The first-order valence-electron chi connectivity index (χ1n) is 5.56. The van der Waals surface area contributed by atoms with Crippen LogP contribution in [0.1, 0.15) is 41.8 Å². The predicted molar refractivity (Wildman–Crippen MR) is 65.9 cm³/mol. The van der Waals surface area contributed by atoms with Gasteiger partial charge in [0.15, 0.2) is 0 Å². The predicted octanol–water partition coefficient (Wildman–Crippen LogP) is 2.32. The molecule has 0 amide bonds. The Balaban J connectivity index is 2.50. The zero-order valence-corrected chi connectivity index (χ0v) is 10.7. The maximum atomic E-state index is 5.53. The van der Waals surface area contributed by atoms with Gasteiger partial charge in [0.25, 0.3) is 0 Å². The summed E-state index contributed by atoms with van der Waals surface area (Å²) in [5, 5.41) is 1.20. The van der Waals surface area contributed by atoms with E-state index in [2.05, 4.69) is 31.2 Å². The molecule has 1 rings (SSSR count). The largest absolute Gasteiger partial charge is 0.271 e. The monoisotopic (exact) mass is 227 g/mol. The summed E-state index contributed by atoms with van der Waals surface area (Å²) in [6, 6.07) is 0.370. The molecular weight excluding hydrogens is 206 g/mol. The van der Waals surface area contributed by atoms with Gasteiger partial charge in [-0.15, -0.1) is 11.3 Å². The van der Waals surface area contributed by atoms with Gasteiger partial charge in [-0.2, -0.15) is 0 Å². The van der Waals surface area contributed by atoms with Crippen molar-refractivity contribution in [1.82, 2.24) is 10.4 Å². The molecular formula is C11H21N3S. The van der Waals surface area contributed by atoms with E-state index in [1.54, 1.807) is 11.3 Å². The highest BCUT2D eigenvalue weighted by atomic mass is 32.1. The number of hydrogen-bond acceptors (Lipinski definition) is 4. The van der Waals surface area contributed by atoms with Crippen molar-refractivity contribution < 1.29 is 0 Å². The molecule has 1 heterocycles. The van der Waals surface area contributed by atoms with E-state index >= 15 is 0 Å². The highest BCUT2D eigenvalue weighted by Crippen LogP contribution is 2.18. The van der Waals surface area contributed by atoms with Crippen molar-refractivity contribution in [3.63, 3.8) is 0 Å². The molecule has 0 spiro atoms. The third-order valence-electron chi connectivity index (χ3n) is 2.64. The quantitative estimate of drug-likeness (QED) is 0.579. The molecule has 3 N–H and O–H groups in total. The topological polar surface area (TPSA) is 50.9 Å². The van der Waals surface area contributed by atoms with Crippen LogP contribution in [0.25, 0.3) is 0 Å².